The second-order valence-corrected chi connectivity index (χ2v) is 15.1. The first kappa shape index (κ1) is 32.8. The van der Waals surface area contributed by atoms with Gasteiger partial charge < -0.3 is 10.0 Å². The second-order valence-electron chi connectivity index (χ2n) is 13.1. The Labute approximate surface area is 256 Å². The number of halogens is 1. The van der Waals surface area contributed by atoms with E-state index >= 15 is 0 Å². The minimum atomic E-state index is -3.62. The SMILES string of the molecule is CN(C)C[C@H](CC(C)(C)C)N(Cc1cccc(CN2C(C(=O)O)CCS2(=O)=O)c1)Cc1ccccc1-c1ccc(F)cc1. The first-order valence-corrected chi connectivity index (χ1v) is 16.4. The highest BCUT2D eigenvalue weighted by Gasteiger charge is 2.41. The van der Waals surface area contributed by atoms with E-state index in [4.69, 9.17) is 0 Å². The fourth-order valence-electron chi connectivity index (χ4n) is 5.95. The molecule has 1 N–H and O–H groups in total. The van der Waals surface area contributed by atoms with Crippen LogP contribution in [0.4, 0.5) is 4.39 Å². The number of hydrogen-bond donors (Lipinski definition) is 1. The molecule has 1 saturated heterocycles. The molecule has 1 fully saturated rings. The third-order valence-electron chi connectivity index (χ3n) is 7.84. The molecule has 1 heterocycles. The zero-order valence-electron chi connectivity index (χ0n) is 25.8. The molecule has 2 atom stereocenters. The first-order chi connectivity index (χ1) is 20.2. The Morgan fingerprint density at radius 2 is 1.67 bits per heavy atom. The predicted octanol–water partition coefficient (Wildman–Crippen LogP) is 5.85. The molecule has 9 heteroatoms. The van der Waals surface area contributed by atoms with Crippen molar-refractivity contribution < 1.29 is 22.7 Å². The van der Waals surface area contributed by atoms with E-state index in [9.17, 15) is 22.7 Å². The first-order valence-electron chi connectivity index (χ1n) is 14.7. The lowest BCUT2D eigenvalue weighted by molar-refractivity contribution is -0.141. The molecule has 0 aliphatic carbocycles. The molecule has 7 nitrogen and oxygen atoms in total. The van der Waals surface area contributed by atoms with Crippen molar-refractivity contribution in [1.29, 1.82) is 0 Å². The Morgan fingerprint density at radius 1 is 1.00 bits per heavy atom. The maximum atomic E-state index is 13.7. The highest BCUT2D eigenvalue weighted by Crippen LogP contribution is 2.31. The van der Waals surface area contributed by atoms with Crippen LogP contribution < -0.4 is 0 Å². The molecular weight excluding hydrogens is 565 g/mol. The van der Waals surface area contributed by atoms with Gasteiger partial charge in [-0.25, -0.2) is 12.8 Å². The minimum absolute atomic E-state index is 0.0314. The van der Waals surface area contributed by atoms with Crippen LogP contribution in [0.25, 0.3) is 11.1 Å². The van der Waals surface area contributed by atoms with Gasteiger partial charge in [-0.05, 0) is 72.3 Å². The molecule has 0 radical (unpaired) electrons. The van der Waals surface area contributed by atoms with Gasteiger partial charge in [0.15, 0.2) is 0 Å². The Balaban J connectivity index is 1.68. The summed E-state index contributed by atoms with van der Waals surface area (Å²) in [7, 11) is 0.535. The molecule has 43 heavy (non-hydrogen) atoms. The predicted molar refractivity (Wildman–Crippen MR) is 169 cm³/mol. The summed E-state index contributed by atoms with van der Waals surface area (Å²) in [5, 5.41) is 9.62. The lowest BCUT2D eigenvalue weighted by Gasteiger charge is -2.38. The Hall–Kier alpha value is -3.11. The molecule has 1 unspecified atom stereocenters. The van der Waals surface area contributed by atoms with Gasteiger partial charge in [0.2, 0.25) is 10.0 Å². The van der Waals surface area contributed by atoms with E-state index in [2.05, 4.69) is 56.8 Å². The second kappa shape index (κ2) is 13.7. The molecule has 232 valence electrons. The number of carboxylic acids is 1. The van der Waals surface area contributed by atoms with Crippen LogP contribution in [0.3, 0.4) is 0 Å². The van der Waals surface area contributed by atoms with Gasteiger partial charge in [0.05, 0.1) is 5.75 Å². The summed E-state index contributed by atoms with van der Waals surface area (Å²) in [6, 6.07) is 21.8. The van der Waals surface area contributed by atoms with Crippen LogP contribution in [0.1, 0.15) is 50.3 Å². The summed E-state index contributed by atoms with van der Waals surface area (Å²) >= 11 is 0. The lowest BCUT2D eigenvalue weighted by atomic mass is 9.86. The van der Waals surface area contributed by atoms with Crippen LogP contribution in [0.5, 0.6) is 0 Å². The number of aliphatic carboxylic acids is 1. The third kappa shape index (κ3) is 8.95. The van der Waals surface area contributed by atoms with Gasteiger partial charge in [0, 0.05) is 32.2 Å². The molecule has 0 amide bonds. The van der Waals surface area contributed by atoms with Crippen LogP contribution in [0.15, 0.2) is 72.8 Å². The summed E-state index contributed by atoms with van der Waals surface area (Å²) in [6.45, 7) is 8.90. The zero-order valence-corrected chi connectivity index (χ0v) is 26.6. The Kier molecular flexibility index (Phi) is 10.4. The molecule has 1 aliphatic heterocycles. The summed E-state index contributed by atoms with van der Waals surface area (Å²) in [4.78, 5) is 16.4. The van der Waals surface area contributed by atoms with Gasteiger partial charge in [-0.1, -0.05) is 81.4 Å². The van der Waals surface area contributed by atoms with Gasteiger partial charge >= 0.3 is 5.97 Å². The van der Waals surface area contributed by atoms with Crippen LogP contribution >= 0.6 is 0 Å². The van der Waals surface area contributed by atoms with E-state index in [-0.39, 0.29) is 36.0 Å². The van der Waals surface area contributed by atoms with E-state index in [1.165, 1.54) is 12.1 Å². The maximum Gasteiger partial charge on any atom is 0.322 e. The van der Waals surface area contributed by atoms with Crippen molar-refractivity contribution in [3.05, 3.63) is 95.3 Å². The maximum absolute atomic E-state index is 13.7. The highest BCUT2D eigenvalue weighted by atomic mass is 32.2. The van der Waals surface area contributed by atoms with Crippen molar-refractivity contribution in [2.45, 2.75) is 65.3 Å². The Morgan fingerprint density at radius 3 is 2.33 bits per heavy atom. The summed E-state index contributed by atoms with van der Waals surface area (Å²) in [6.07, 6.45) is 1.05. The Bertz CT molecular complexity index is 1500. The van der Waals surface area contributed by atoms with Gasteiger partial charge in [-0.2, -0.15) is 4.31 Å². The smallest absolute Gasteiger partial charge is 0.322 e. The van der Waals surface area contributed by atoms with Crippen LogP contribution in [0, 0.1) is 11.2 Å². The number of carboxylic acid groups (broad SMARTS) is 1. The third-order valence-corrected chi connectivity index (χ3v) is 9.69. The van der Waals surface area contributed by atoms with Gasteiger partial charge in [0.1, 0.15) is 11.9 Å². The monoisotopic (exact) mass is 609 g/mol. The fourth-order valence-corrected chi connectivity index (χ4v) is 7.64. The van der Waals surface area contributed by atoms with Crippen LogP contribution in [-0.4, -0.2) is 72.1 Å². The summed E-state index contributed by atoms with van der Waals surface area (Å²) in [5.74, 6) is -1.53. The topological polar surface area (TPSA) is 81.2 Å². The van der Waals surface area contributed by atoms with E-state index in [1.807, 2.05) is 48.5 Å². The number of likely N-dealkylation sites (N-methyl/N-ethyl adjacent to an activating group) is 1. The van der Waals surface area contributed by atoms with E-state index in [0.29, 0.717) is 13.1 Å². The van der Waals surface area contributed by atoms with E-state index < -0.39 is 22.0 Å². The fraction of sp³-hybridized carbons (Fsp3) is 0.441. The number of carbonyl (C=O) groups is 1. The number of sulfonamides is 1. The standard InChI is InChI=1S/C34H44FN3O4S/c1-34(2,3)20-30(24-36(4)5)37(23-28-11-6-7-12-31(28)27-13-15-29(35)16-14-27)21-25-9-8-10-26(19-25)22-38-32(33(39)40)17-18-43(38,41)42/h6-16,19,30,32H,17-18,20-24H2,1-5H3,(H,39,40)/t30-,32?/m0/s1. The minimum Gasteiger partial charge on any atom is -0.480 e. The quantitative estimate of drug-likeness (QED) is 0.278. The number of hydrogen-bond acceptors (Lipinski definition) is 5. The number of rotatable bonds is 12. The van der Waals surface area contributed by atoms with E-state index in [0.717, 1.165) is 45.1 Å². The zero-order chi connectivity index (χ0) is 31.4. The molecule has 0 aromatic heterocycles. The molecule has 1 aliphatic rings. The van der Waals surface area contributed by atoms with Gasteiger partial charge in [-0.3, -0.25) is 9.69 Å². The molecule has 3 aromatic carbocycles. The largest absolute Gasteiger partial charge is 0.480 e. The van der Waals surface area contributed by atoms with Crippen molar-refractivity contribution >= 4 is 16.0 Å². The summed E-state index contributed by atoms with van der Waals surface area (Å²) < 4.78 is 40.2. The summed E-state index contributed by atoms with van der Waals surface area (Å²) in [5.41, 5.74) is 5.01. The molecule has 0 spiro atoms. The lowest BCUT2D eigenvalue weighted by Crippen LogP contribution is -2.43. The molecule has 0 bridgehead atoms. The van der Waals surface area contributed by atoms with Crippen molar-refractivity contribution in [1.82, 2.24) is 14.1 Å². The molecule has 4 rings (SSSR count). The van der Waals surface area contributed by atoms with Gasteiger partial charge in [0.25, 0.3) is 0 Å². The van der Waals surface area contributed by atoms with Crippen molar-refractivity contribution in [2.75, 3.05) is 26.4 Å². The van der Waals surface area contributed by atoms with Crippen molar-refractivity contribution in [3.63, 3.8) is 0 Å². The van der Waals surface area contributed by atoms with Crippen molar-refractivity contribution in [3.8, 4) is 11.1 Å². The van der Waals surface area contributed by atoms with E-state index in [1.54, 1.807) is 0 Å². The average molecular weight is 610 g/mol. The number of nitrogens with zero attached hydrogens (tertiary/aromatic N) is 3. The number of benzene rings is 3. The van der Waals surface area contributed by atoms with Crippen LogP contribution in [-0.2, 0) is 34.5 Å². The highest BCUT2D eigenvalue weighted by molar-refractivity contribution is 7.89. The van der Waals surface area contributed by atoms with Crippen LogP contribution in [0.2, 0.25) is 0 Å². The molecule has 3 aromatic rings. The van der Waals surface area contributed by atoms with Crippen molar-refractivity contribution in [2.24, 2.45) is 5.41 Å². The van der Waals surface area contributed by atoms with Gasteiger partial charge in [-0.15, -0.1) is 0 Å². The normalized spacial score (nSPS) is 17.9. The molecular formula is C34H44FN3O4S. The molecule has 0 saturated carbocycles. The average Bonchev–Trinajstić information content (AvgIpc) is 3.22.